The van der Waals surface area contributed by atoms with E-state index in [2.05, 4.69) is 63.9 Å². The van der Waals surface area contributed by atoms with Crippen molar-refractivity contribution in [1.29, 1.82) is 0 Å². The van der Waals surface area contributed by atoms with Crippen LogP contribution in [0.3, 0.4) is 0 Å². The lowest BCUT2D eigenvalue weighted by Crippen LogP contribution is -2.41. The van der Waals surface area contributed by atoms with E-state index in [1.165, 1.54) is 30.4 Å². The summed E-state index contributed by atoms with van der Waals surface area (Å²) in [5.41, 5.74) is 3.08. The fourth-order valence-electron chi connectivity index (χ4n) is 4.07. The highest BCUT2D eigenvalue weighted by atomic mass is 16.2. The van der Waals surface area contributed by atoms with Crippen LogP contribution in [-0.2, 0) is 6.54 Å². The van der Waals surface area contributed by atoms with E-state index < -0.39 is 0 Å². The van der Waals surface area contributed by atoms with Gasteiger partial charge in [-0.25, -0.2) is 0 Å². The van der Waals surface area contributed by atoms with Crippen LogP contribution in [0.15, 0.2) is 42.1 Å². The van der Waals surface area contributed by atoms with Gasteiger partial charge in [0.25, 0.3) is 5.91 Å². The number of rotatable bonds is 8. The molecule has 1 saturated heterocycles. The zero-order valence-corrected chi connectivity index (χ0v) is 17.3. The standard InChI is InChI=1S/C23H31N5O/c1-18(15-19-7-3-2-4-8-19)16-27-13-6-5-9-21(27)12-14-28-17-22(25-26-28)23(29)24-20-10-11-20/h2-4,7-8,15,17,20-21H,5-6,9-14,16H2,1H3,(H,24,29)/b18-15+/t21-/m1/s1. The maximum atomic E-state index is 12.1. The van der Waals surface area contributed by atoms with Gasteiger partial charge < -0.3 is 5.32 Å². The molecule has 1 aromatic heterocycles. The molecular weight excluding hydrogens is 362 g/mol. The minimum absolute atomic E-state index is 0.0975. The van der Waals surface area contributed by atoms with Crippen molar-refractivity contribution in [2.24, 2.45) is 0 Å². The van der Waals surface area contributed by atoms with Crippen LogP contribution in [-0.4, -0.2) is 51.0 Å². The van der Waals surface area contributed by atoms with E-state index in [9.17, 15) is 4.79 Å². The van der Waals surface area contributed by atoms with Gasteiger partial charge in [0.1, 0.15) is 0 Å². The molecule has 1 atom stereocenters. The molecule has 2 fully saturated rings. The molecule has 1 aliphatic heterocycles. The van der Waals surface area contributed by atoms with Crippen LogP contribution in [0.25, 0.3) is 6.08 Å². The van der Waals surface area contributed by atoms with E-state index in [0.29, 0.717) is 17.8 Å². The van der Waals surface area contributed by atoms with Crippen LogP contribution in [0.5, 0.6) is 0 Å². The average Bonchev–Trinajstić information content (AvgIpc) is 3.41. The highest BCUT2D eigenvalue weighted by Gasteiger charge is 2.25. The number of amides is 1. The number of carbonyl (C=O) groups is 1. The molecule has 1 aliphatic carbocycles. The number of piperidine rings is 1. The van der Waals surface area contributed by atoms with Gasteiger partial charge in [-0.05, 0) is 51.1 Å². The normalized spacial score (nSPS) is 20.6. The smallest absolute Gasteiger partial charge is 0.273 e. The van der Waals surface area contributed by atoms with Gasteiger partial charge in [0.15, 0.2) is 5.69 Å². The number of carbonyl (C=O) groups excluding carboxylic acids is 1. The highest BCUT2D eigenvalue weighted by molar-refractivity contribution is 5.92. The van der Waals surface area contributed by atoms with E-state index >= 15 is 0 Å². The summed E-state index contributed by atoms with van der Waals surface area (Å²) in [6.45, 7) is 5.18. The van der Waals surface area contributed by atoms with Gasteiger partial charge in [-0.1, -0.05) is 53.6 Å². The summed E-state index contributed by atoms with van der Waals surface area (Å²) in [6.07, 6.45) is 11.0. The number of hydrogen-bond acceptors (Lipinski definition) is 4. The van der Waals surface area contributed by atoms with Crippen molar-refractivity contribution in [3.8, 4) is 0 Å². The zero-order valence-electron chi connectivity index (χ0n) is 17.3. The molecule has 0 radical (unpaired) electrons. The molecule has 1 N–H and O–H groups in total. The summed E-state index contributed by atoms with van der Waals surface area (Å²) < 4.78 is 1.82. The van der Waals surface area contributed by atoms with E-state index in [1.807, 2.05) is 4.68 Å². The van der Waals surface area contributed by atoms with Crippen LogP contribution in [0.2, 0.25) is 0 Å². The number of likely N-dealkylation sites (tertiary alicyclic amines) is 1. The third-order valence-electron chi connectivity index (χ3n) is 5.79. The molecule has 0 unspecified atom stereocenters. The molecular formula is C23H31N5O. The molecule has 6 heteroatoms. The van der Waals surface area contributed by atoms with Gasteiger partial charge in [0, 0.05) is 25.2 Å². The number of aryl methyl sites for hydroxylation is 1. The SMILES string of the molecule is C/C(=C\c1ccccc1)CN1CCCC[C@@H]1CCn1cc(C(=O)NC2CC2)nn1. The second-order valence-electron chi connectivity index (χ2n) is 8.42. The number of nitrogens with zero attached hydrogens (tertiary/aromatic N) is 4. The predicted octanol–water partition coefficient (Wildman–Crippen LogP) is 3.52. The second-order valence-corrected chi connectivity index (χ2v) is 8.42. The fourth-order valence-corrected chi connectivity index (χ4v) is 4.07. The summed E-state index contributed by atoms with van der Waals surface area (Å²) >= 11 is 0. The van der Waals surface area contributed by atoms with Gasteiger partial charge in [-0.2, -0.15) is 0 Å². The van der Waals surface area contributed by atoms with Crippen molar-refractivity contribution >= 4 is 12.0 Å². The van der Waals surface area contributed by atoms with Gasteiger partial charge in [-0.15, -0.1) is 5.10 Å². The Labute approximate surface area is 173 Å². The number of benzene rings is 1. The predicted molar refractivity (Wildman–Crippen MR) is 114 cm³/mol. The first-order chi connectivity index (χ1) is 14.2. The quantitative estimate of drug-likeness (QED) is 0.745. The Morgan fingerprint density at radius 3 is 2.83 bits per heavy atom. The third-order valence-corrected chi connectivity index (χ3v) is 5.79. The molecule has 6 nitrogen and oxygen atoms in total. The molecule has 2 aromatic rings. The Morgan fingerprint density at radius 2 is 2.03 bits per heavy atom. The van der Waals surface area contributed by atoms with Crippen LogP contribution in [0.4, 0.5) is 0 Å². The van der Waals surface area contributed by atoms with Gasteiger partial charge in [0.05, 0.1) is 6.20 Å². The van der Waals surface area contributed by atoms with E-state index in [-0.39, 0.29) is 5.91 Å². The van der Waals surface area contributed by atoms with Crippen molar-refractivity contribution in [2.75, 3.05) is 13.1 Å². The first-order valence-corrected chi connectivity index (χ1v) is 10.8. The average molecular weight is 394 g/mol. The van der Waals surface area contributed by atoms with Crippen molar-refractivity contribution in [1.82, 2.24) is 25.2 Å². The molecule has 4 rings (SSSR count). The van der Waals surface area contributed by atoms with Crippen molar-refractivity contribution in [3.63, 3.8) is 0 Å². The highest BCUT2D eigenvalue weighted by Crippen LogP contribution is 2.22. The first-order valence-electron chi connectivity index (χ1n) is 10.8. The maximum Gasteiger partial charge on any atom is 0.273 e. The summed E-state index contributed by atoms with van der Waals surface area (Å²) in [4.78, 5) is 14.7. The topological polar surface area (TPSA) is 63.1 Å². The summed E-state index contributed by atoms with van der Waals surface area (Å²) in [5.74, 6) is -0.0975. The Hall–Kier alpha value is -2.47. The lowest BCUT2D eigenvalue weighted by molar-refractivity contribution is 0.0946. The van der Waals surface area contributed by atoms with Crippen molar-refractivity contribution in [2.45, 2.75) is 64.1 Å². The van der Waals surface area contributed by atoms with E-state index in [0.717, 1.165) is 38.9 Å². The molecule has 0 bridgehead atoms. The Balaban J connectivity index is 1.31. The van der Waals surface area contributed by atoms with Crippen molar-refractivity contribution < 1.29 is 4.79 Å². The Bertz CT molecular complexity index is 840. The molecule has 29 heavy (non-hydrogen) atoms. The molecule has 154 valence electrons. The lowest BCUT2D eigenvalue weighted by Gasteiger charge is -2.36. The van der Waals surface area contributed by atoms with Crippen LogP contribution < -0.4 is 5.32 Å². The van der Waals surface area contributed by atoms with Crippen LogP contribution in [0, 0.1) is 0 Å². The van der Waals surface area contributed by atoms with Crippen LogP contribution >= 0.6 is 0 Å². The first kappa shape index (κ1) is 19.8. The summed E-state index contributed by atoms with van der Waals surface area (Å²) in [7, 11) is 0. The molecule has 0 spiro atoms. The van der Waals surface area contributed by atoms with E-state index in [1.54, 1.807) is 6.20 Å². The summed E-state index contributed by atoms with van der Waals surface area (Å²) in [5, 5.41) is 11.2. The third kappa shape index (κ3) is 5.76. The second kappa shape index (κ2) is 9.35. The number of aromatic nitrogens is 3. The molecule has 1 saturated carbocycles. The molecule has 2 heterocycles. The minimum Gasteiger partial charge on any atom is -0.348 e. The van der Waals surface area contributed by atoms with Crippen LogP contribution in [0.1, 0.15) is 61.5 Å². The number of hydrogen-bond donors (Lipinski definition) is 1. The maximum absolute atomic E-state index is 12.1. The Kier molecular flexibility index (Phi) is 6.39. The Morgan fingerprint density at radius 1 is 1.21 bits per heavy atom. The van der Waals surface area contributed by atoms with Gasteiger partial charge >= 0.3 is 0 Å². The fraction of sp³-hybridized carbons (Fsp3) is 0.522. The van der Waals surface area contributed by atoms with E-state index in [4.69, 9.17) is 0 Å². The van der Waals surface area contributed by atoms with Crippen molar-refractivity contribution in [3.05, 3.63) is 53.4 Å². The van der Waals surface area contributed by atoms with Gasteiger partial charge in [-0.3, -0.25) is 14.4 Å². The minimum atomic E-state index is -0.0975. The van der Waals surface area contributed by atoms with Gasteiger partial charge in [0.2, 0.25) is 0 Å². The lowest BCUT2D eigenvalue weighted by atomic mass is 9.98. The summed E-state index contributed by atoms with van der Waals surface area (Å²) in [6, 6.07) is 11.4. The monoisotopic (exact) mass is 393 g/mol. The molecule has 1 amide bonds. The largest absolute Gasteiger partial charge is 0.348 e. The number of nitrogens with one attached hydrogen (secondary N) is 1. The molecule has 1 aromatic carbocycles. The zero-order chi connectivity index (χ0) is 20.1. The molecule has 2 aliphatic rings.